The Balaban J connectivity index is 2.69. The first kappa shape index (κ1) is 12.9. The molecule has 0 saturated carbocycles. The van der Waals surface area contributed by atoms with Crippen molar-refractivity contribution in [2.45, 2.75) is 65.0 Å². The first-order chi connectivity index (χ1) is 6.91. The number of aliphatic imine (C=N–C) groups is 1. The smallest absolute Gasteiger partial charge is 0.157 e. The predicted molar refractivity (Wildman–Crippen MR) is 70.7 cm³/mol. The van der Waals surface area contributed by atoms with Gasteiger partial charge in [0.2, 0.25) is 0 Å². The fourth-order valence-corrected chi connectivity index (χ4v) is 2.93. The largest absolute Gasteiger partial charge is 0.360 e. The lowest BCUT2D eigenvalue weighted by molar-refractivity contribution is 0.387. The summed E-state index contributed by atoms with van der Waals surface area (Å²) in [5.41, 5.74) is 0.329. The molecule has 0 amide bonds. The molecule has 1 heterocycles. The van der Waals surface area contributed by atoms with E-state index in [0.717, 1.165) is 18.0 Å². The van der Waals surface area contributed by atoms with Crippen molar-refractivity contribution in [3.05, 3.63) is 0 Å². The van der Waals surface area contributed by atoms with Gasteiger partial charge in [0.15, 0.2) is 5.17 Å². The molecule has 0 radical (unpaired) electrons. The summed E-state index contributed by atoms with van der Waals surface area (Å²) >= 11 is 1.86. The van der Waals surface area contributed by atoms with E-state index in [-0.39, 0.29) is 11.1 Å². The second-order valence-corrected chi connectivity index (χ2v) is 6.30. The van der Waals surface area contributed by atoms with Gasteiger partial charge in [-0.1, -0.05) is 25.6 Å². The Morgan fingerprint density at radius 3 is 2.47 bits per heavy atom. The number of rotatable bonds is 3. The van der Waals surface area contributed by atoms with Crippen molar-refractivity contribution in [1.82, 2.24) is 5.32 Å². The van der Waals surface area contributed by atoms with Gasteiger partial charge in [0, 0.05) is 11.3 Å². The molecule has 0 aromatic rings. The van der Waals surface area contributed by atoms with E-state index < -0.39 is 0 Å². The third kappa shape index (κ3) is 3.71. The summed E-state index contributed by atoms with van der Waals surface area (Å²) in [7, 11) is 0. The van der Waals surface area contributed by atoms with Crippen LogP contribution in [-0.4, -0.2) is 22.0 Å². The van der Waals surface area contributed by atoms with Gasteiger partial charge in [0.05, 0.1) is 5.54 Å². The van der Waals surface area contributed by atoms with Crippen LogP contribution < -0.4 is 5.32 Å². The first-order valence-electron chi connectivity index (χ1n) is 5.91. The maximum atomic E-state index is 4.76. The van der Waals surface area contributed by atoms with Gasteiger partial charge in [-0.15, -0.1) is 0 Å². The molecule has 1 aliphatic rings. The van der Waals surface area contributed by atoms with Gasteiger partial charge in [-0.25, -0.2) is 0 Å². The summed E-state index contributed by atoms with van der Waals surface area (Å²) < 4.78 is 0. The second-order valence-electron chi connectivity index (χ2n) is 5.22. The Hall–Kier alpha value is -0.180. The molecule has 0 saturated heterocycles. The molecule has 3 heteroatoms. The molecule has 0 aromatic heterocycles. The highest BCUT2D eigenvalue weighted by Crippen LogP contribution is 2.27. The van der Waals surface area contributed by atoms with Gasteiger partial charge in [-0.05, 0) is 40.0 Å². The Morgan fingerprint density at radius 2 is 2.00 bits per heavy atom. The maximum absolute atomic E-state index is 4.76. The van der Waals surface area contributed by atoms with E-state index in [1.54, 1.807) is 0 Å². The highest BCUT2D eigenvalue weighted by Gasteiger charge is 2.26. The van der Waals surface area contributed by atoms with Crippen LogP contribution in [0.1, 0.15) is 53.9 Å². The van der Waals surface area contributed by atoms with Crippen molar-refractivity contribution in [1.29, 1.82) is 0 Å². The monoisotopic (exact) mass is 228 g/mol. The topological polar surface area (TPSA) is 24.4 Å². The van der Waals surface area contributed by atoms with E-state index in [2.05, 4.69) is 39.9 Å². The molecule has 0 unspecified atom stereocenters. The molecule has 88 valence electrons. The lowest BCUT2D eigenvalue weighted by Gasteiger charge is -2.34. The summed E-state index contributed by atoms with van der Waals surface area (Å²) in [5, 5.41) is 4.74. The fraction of sp³-hybridized carbons (Fsp3) is 0.917. The standard InChI is InChI=1S/C12H24N2S/c1-6-12(5,7-2)14-10-13-11(3,4)8-9-15-10/h6-9H2,1-5H3,(H,13,14). The minimum atomic E-state index is 0.121. The van der Waals surface area contributed by atoms with Gasteiger partial charge in [0.1, 0.15) is 0 Å². The van der Waals surface area contributed by atoms with Gasteiger partial charge in [-0.2, -0.15) is 0 Å². The Bertz CT molecular complexity index is 242. The molecule has 15 heavy (non-hydrogen) atoms. The van der Waals surface area contributed by atoms with Crippen molar-refractivity contribution in [3.63, 3.8) is 0 Å². The summed E-state index contributed by atoms with van der Waals surface area (Å²) in [6.07, 6.45) is 3.46. The summed E-state index contributed by atoms with van der Waals surface area (Å²) in [4.78, 5) is 4.76. The molecular formula is C12H24N2S. The molecule has 0 spiro atoms. The molecule has 1 rings (SSSR count). The molecule has 0 aliphatic carbocycles. The van der Waals surface area contributed by atoms with Crippen LogP contribution >= 0.6 is 11.8 Å². The normalized spacial score (nSPS) is 21.0. The van der Waals surface area contributed by atoms with Crippen LogP contribution in [-0.2, 0) is 0 Å². The van der Waals surface area contributed by atoms with Crippen LogP contribution in [0.5, 0.6) is 0 Å². The average Bonchev–Trinajstić information content (AvgIpc) is 2.16. The van der Waals surface area contributed by atoms with Gasteiger partial charge in [0.25, 0.3) is 0 Å². The van der Waals surface area contributed by atoms with Gasteiger partial charge >= 0.3 is 0 Å². The predicted octanol–water partition coefficient (Wildman–Crippen LogP) is 3.43. The van der Waals surface area contributed by atoms with Crippen LogP contribution in [0.4, 0.5) is 0 Å². The van der Waals surface area contributed by atoms with Crippen molar-refractivity contribution in [2.75, 3.05) is 5.75 Å². The molecule has 1 aliphatic heterocycles. The minimum Gasteiger partial charge on any atom is -0.360 e. The summed E-state index contributed by atoms with van der Waals surface area (Å²) in [6, 6.07) is 0. The molecule has 0 bridgehead atoms. The second kappa shape index (κ2) is 4.77. The lowest BCUT2D eigenvalue weighted by Crippen LogP contribution is -2.46. The van der Waals surface area contributed by atoms with E-state index in [9.17, 15) is 0 Å². The van der Waals surface area contributed by atoms with Crippen LogP contribution in [0.25, 0.3) is 0 Å². The van der Waals surface area contributed by atoms with Crippen LogP contribution in [0.3, 0.4) is 0 Å². The highest BCUT2D eigenvalue weighted by molar-refractivity contribution is 8.13. The van der Waals surface area contributed by atoms with Crippen molar-refractivity contribution in [2.24, 2.45) is 4.99 Å². The molecular weight excluding hydrogens is 204 g/mol. The average molecular weight is 228 g/mol. The third-order valence-electron chi connectivity index (χ3n) is 3.33. The minimum absolute atomic E-state index is 0.121. The van der Waals surface area contributed by atoms with E-state index in [1.165, 1.54) is 12.2 Å². The quantitative estimate of drug-likeness (QED) is 0.800. The lowest BCUT2D eigenvalue weighted by atomic mass is 9.96. The van der Waals surface area contributed by atoms with E-state index >= 15 is 0 Å². The molecule has 2 nitrogen and oxygen atoms in total. The van der Waals surface area contributed by atoms with Gasteiger partial charge in [-0.3, -0.25) is 4.99 Å². The zero-order valence-electron chi connectivity index (χ0n) is 10.7. The number of thioether (sulfide) groups is 1. The fourth-order valence-electron chi connectivity index (χ4n) is 1.51. The van der Waals surface area contributed by atoms with E-state index in [4.69, 9.17) is 4.99 Å². The Morgan fingerprint density at radius 1 is 1.40 bits per heavy atom. The van der Waals surface area contributed by atoms with Crippen LogP contribution in [0.15, 0.2) is 4.99 Å². The zero-order valence-corrected chi connectivity index (χ0v) is 11.5. The maximum Gasteiger partial charge on any atom is 0.157 e. The van der Waals surface area contributed by atoms with Gasteiger partial charge < -0.3 is 5.32 Å². The number of amidine groups is 1. The zero-order chi connectivity index (χ0) is 11.5. The third-order valence-corrected chi connectivity index (χ3v) is 4.20. The van der Waals surface area contributed by atoms with E-state index in [1.807, 2.05) is 11.8 Å². The summed E-state index contributed by atoms with van der Waals surface area (Å²) in [5.74, 6) is 1.18. The first-order valence-corrected chi connectivity index (χ1v) is 6.90. The number of nitrogens with zero attached hydrogens (tertiary/aromatic N) is 1. The molecule has 0 fully saturated rings. The van der Waals surface area contributed by atoms with Crippen molar-refractivity contribution in [3.8, 4) is 0 Å². The molecule has 1 N–H and O–H groups in total. The van der Waals surface area contributed by atoms with E-state index in [0.29, 0.717) is 0 Å². The Kier molecular flexibility index (Phi) is 4.10. The van der Waals surface area contributed by atoms with Crippen LogP contribution in [0.2, 0.25) is 0 Å². The van der Waals surface area contributed by atoms with Crippen molar-refractivity contribution < 1.29 is 0 Å². The molecule has 0 aromatic carbocycles. The van der Waals surface area contributed by atoms with Crippen LogP contribution in [0, 0.1) is 0 Å². The van der Waals surface area contributed by atoms with Crippen molar-refractivity contribution >= 4 is 16.9 Å². The molecule has 0 atom stereocenters. The Labute approximate surface area is 98.3 Å². The highest BCUT2D eigenvalue weighted by atomic mass is 32.2. The summed E-state index contributed by atoms with van der Waals surface area (Å²) in [6.45, 7) is 11.2. The number of nitrogens with one attached hydrogen (secondary N) is 1. The SMILES string of the molecule is CCC(C)(CC)NC1=NC(C)(C)CCS1. The number of hydrogen-bond donors (Lipinski definition) is 1. The number of hydrogen-bond acceptors (Lipinski definition) is 3.